The largest absolute Gasteiger partial charge is 0.481 e. The molecule has 0 bridgehead atoms. The molecule has 0 unspecified atom stereocenters. The fourth-order valence-corrected chi connectivity index (χ4v) is 10.7. The number of carbonyl (C=O) groups is 9. The second-order valence-electron chi connectivity index (χ2n) is 25.3. The first-order chi connectivity index (χ1) is 40.4. The van der Waals surface area contributed by atoms with Crippen LogP contribution in [0.3, 0.4) is 0 Å². The fourth-order valence-electron chi connectivity index (χ4n) is 10.5. The molecule has 476 valence electrons. The standard InChI is InChI=1S/C63H90ClN5O17/c1-34(2)50(69-48(73)18-14-19-49(74)75)45(71)31-40(15-11-12-28-65-58(80)56-52(77)51(76)53(78)60(83-10)86-56)44(70)27-24-37-22-25-39(26-23-37)55-54(85-55)36(4)46-16-13-17-47(72)67-42(30-38-21-20-35(3)41(64)29-38)57(79)66-33-63(8,9)61(82)68-43(59(81)84-46)32-62(5,6)7/h13,17,20-23,25-26,29,34,36,40,42-43,46,50-56,60,76-78H,11-12,14-16,18-19,24,27-28,30-33H2,1-10H3,(H,65,80)(H,66,79)(H,67,72)(H,68,82)(H,69,73)(H,74,75)/b17-13+/t36-,40+,42+,43-,46-,50-,51-,52-,53+,54+,55+,56-,60+/m0/s1. The molecule has 2 fully saturated rings. The third-order valence-corrected chi connectivity index (χ3v) is 16.3. The van der Waals surface area contributed by atoms with Crippen LogP contribution in [0.25, 0.3) is 0 Å². The molecule has 5 amide bonds. The summed E-state index contributed by atoms with van der Waals surface area (Å²) in [6.07, 6.45) is -5.26. The van der Waals surface area contributed by atoms with Crippen molar-refractivity contribution in [1.29, 1.82) is 0 Å². The molecular formula is C63H90ClN5O17. The van der Waals surface area contributed by atoms with Gasteiger partial charge in [-0.15, -0.1) is 0 Å². The lowest BCUT2D eigenvalue weighted by Crippen LogP contribution is -2.61. The van der Waals surface area contributed by atoms with Crippen LogP contribution in [0.4, 0.5) is 0 Å². The Morgan fingerprint density at radius 3 is 2.17 bits per heavy atom. The molecule has 86 heavy (non-hydrogen) atoms. The molecule has 0 aromatic heterocycles. The van der Waals surface area contributed by atoms with Gasteiger partial charge in [0.15, 0.2) is 18.2 Å². The Bertz CT molecular complexity index is 2730. The summed E-state index contributed by atoms with van der Waals surface area (Å²) in [6.45, 7) is 16.4. The quantitative estimate of drug-likeness (QED) is 0.0353. The van der Waals surface area contributed by atoms with Gasteiger partial charge >= 0.3 is 11.9 Å². The SMILES string of the molecule is CO[C@@H]1O[C@H](C(=O)NCCCC[C@H](CC(=O)[C@@H](NC(=O)CCCC(=O)O)C(C)C)C(=O)CCc2ccc([C@H]3O[C@@H]3[C@@H](C)[C@@H]3C/C=C/C(=O)N[C@H](Cc4ccc(C)c(Cl)c4)C(=O)NCC(C)(C)C(=O)N[C@@H](CC(C)(C)C)C(=O)O3)cc2)[C@@H](O)[C@H](O)[C@H]1O. The number of cyclic esters (lactones) is 1. The van der Waals surface area contributed by atoms with Crippen molar-refractivity contribution in [3.8, 4) is 0 Å². The molecule has 5 rings (SSSR count). The van der Waals surface area contributed by atoms with E-state index in [1.54, 1.807) is 39.8 Å². The van der Waals surface area contributed by atoms with Crippen LogP contribution < -0.4 is 26.6 Å². The molecule has 3 heterocycles. The van der Waals surface area contributed by atoms with Gasteiger partial charge in [-0.05, 0) is 98.6 Å². The molecular weight excluding hydrogens is 1130 g/mol. The van der Waals surface area contributed by atoms with Gasteiger partial charge in [0, 0.05) is 75.6 Å². The number of methoxy groups -OCH3 is 1. The second-order valence-corrected chi connectivity index (χ2v) is 25.7. The van der Waals surface area contributed by atoms with Crippen molar-refractivity contribution in [3.63, 3.8) is 0 Å². The van der Waals surface area contributed by atoms with E-state index < -0.39 is 131 Å². The number of rotatable bonds is 26. The predicted molar refractivity (Wildman–Crippen MR) is 317 cm³/mol. The Labute approximate surface area is 509 Å². The van der Waals surface area contributed by atoms with E-state index in [2.05, 4.69) is 26.6 Å². The predicted octanol–water partition coefficient (Wildman–Crippen LogP) is 4.60. The van der Waals surface area contributed by atoms with Crippen molar-refractivity contribution in [2.75, 3.05) is 20.2 Å². The molecule has 2 aromatic rings. The van der Waals surface area contributed by atoms with Crippen molar-refractivity contribution in [1.82, 2.24) is 26.6 Å². The third kappa shape index (κ3) is 21.3. The Balaban J connectivity index is 1.28. The Morgan fingerprint density at radius 1 is 0.849 bits per heavy atom. The first-order valence-corrected chi connectivity index (χ1v) is 30.1. The fraction of sp³-hybridized carbons (Fsp3) is 0.635. The number of carboxylic acid groups (broad SMARTS) is 1. The number of unbranched alkanes of at least 4 members (excludes halogenated alkanes) is 1. The minimum Gasteiger partial charge on any atom is -0.481 e. The number of benzene rings is 2. The highest BCUT2D eigenvalue weighted by Gasteiger charge is 2.49. The number of nitrogens with one attached hydrogen (secondary N) is 5. The minimum atomic E-state index is -1.73. The van der Waals surface area contributed by atoms with Gasteiger partial charge in [0.25, 0.3) is 5.91 Å². The Kier molecular flexibility index (Phi) is 26.4. The number of esters is 1. The van der Waals surface area contributed by atoms with Gasteiger partial charge in [0.2, 0.25) is 23.6 Å². The van der Waals surface area contributed by atoms with Crippen LogP contribution in [-0.4, -0.2) is 155 Å². The Hall–Kier alpha value is -6.14. The third-order valence-electron chi connectivity index (χ3n) is 15.9. The summed E-state index contributed by atoms with van der Waals surface area (Å²) in [7, 11) is 1.21. The highest BCUT2D eigenvalue weighted by atomic mass is 35.5. The number of carbonyl (C=O) groups excluding carboxylic acids is 8. The van der Waals surface area contributed by atoms with Crippen LogP contribution in [0.1, 0.15) is 148 Å². The molecule has 13 atom stereocenters. The van der Waals surface area contributed by atoms with Crippen molar-refractivity contribution in [3.05, 3.63) is 81.9 Å². The number of aliphatic hydroxyl groups is 3. The van der Waals surface area contributed by atoms with E-state index in [1.807, 2.05) is 71.0 Å². The number of Topliss-reactive ketones (excluding diaryl/α,β-unsaturated/α-hetero) is 2. The van der Waals surface area contributed by atoms with E-state index in [0.717, 1.165) is 16.7 Å². The van der Waals surface area contributed by atoms with Gasteiger partial charge in [-0.3, -0.25) is 38.4 Å². The maximum Gasteiger partial charge on any atom is 0.328 e. The van der Waals surface area contributed by atoms with Crippen LogP contribution in [0.15, 0.2) is 54.6 Å². The number of carboxylic acids is 1. The molecule has 22 nitrogen and oxygen atoms in total. The Morgan fingerprint density at radius 2 is 1.53 bits per heavy atom. The van der Waals surface area contributed by atoms with Crippen molar-refractivity contribution in [2.45, 2.75) is 207 Å². The number of ether oxygens (including phenoxy) is 4. The number of halogens is 1. The van der Waals surface area contributed by atoms with Crippen LogP contribution in [0.2, 0.25) is 5.02 Å². The lowest BCUT2D eigenvalue weighted by molar-refractivity contribution is -0.283. The summed E-state index contributed by atoms with van der Waals surface area (Å²) in [5, 5.41) is 54.2. The number of aliphatic hydroxyl groups excluding tert-OH is 3. The molecule has 23 heteroatoms. The lowest BCUT2D eigenvalue weighted by atomic mass is 9.85. The summed E-state index contributed by atoms with van der Waals surface area (Å²) in [5.74, 6) is -6.58. The average molecular weight is 1220 g/mol. The smallest absolute Gasteiger partial charge is 0.328 e. The monoisotopic (exact) mass is 1220 g/mol. The maximum atomic E-state index is 14.2. The molecule has 3 aliphatic heterocycles. The molecule has 3 aliphatic rings. The van der Waals surface area contributed by atoms with Crippen molar-refractivity contribution < 1.29 is 82.5 Å². The number of epoxide rings is 1. The minimum absolute atomic E-state index is 0.0650. The number of aliphatic carboxylic acids is 1. The number of ketones is 2. The summed E-state index contributed by atoms with van der Waals surface area (Å²) in [6, 6.07) is 9.91. The van der Waals surface area contributed by atoms with Gasteiger partial charge < -0.3 is 66.0 Å². The van der Waals surface area contributed by atoms with Gasteiger partial charge in [-0.2, -0.15) is 0 Å². The average Bonchev–Trinajstić information content (AvgIpc) is 2.02. The summed E-state index contributed by atoms with van der Waals surface area (Å²) >= 11 is 6.42. The van der Waals surface area contributed by atoms with E-state index in [1.165, 1.54) is 13.2 Å². The summed E-state index contributed by atoms with van der Waals surface area (Å²) in [4.78, 5) is 120. The maximum absolute atomic E-state index is 14.2. The van der Waals surface area contributed by atoms with E-state index in [9.17, 15) is 58.5 Å². The van der Waals surface area contributed by atoms with E-state index in [4.69, 9.17) is 35.7 Å². The first-order valence-electron chi connectivity index (χ1n) is 29.7. The van der Waals surface area contributed by atoms with Crippen LogP contribution in [-0.2, 0) is 74.9 Å². The van der Waals surface area contributed by atoms with E-state index >= 15 is 0 Å². The van der Waals surface area contributed by atoms with Crippen LogP contribution >= 0.6 is 11.6 Å². The van der Waals surface area contributed by atoms with Gasteiger partial charge in [-0.25, -0.2) is 4.79 Å². The first kappa shape index (κ1) is 70.6. The van der Waals surface area contributed by atoms with Gasteiger partial charge in [0.1, 0.15) is 48.4 Å². The number of hydrogen-bond donors (Lipinski definition) is 9. The zero-order chi connectivity index (χ0) is 63.8. The van der Waals surface area contributed by atoms with E-state index in [-0.39, 0.29) is 88.4 Å². The summed E-state index contributed by atoms with van der Waals surface area (Å²) < 4.78 is 22.9. The number of hydrogen-bond acceptors (Lipinski definition) is 16. The van der Waals surface area contributed by atoms with Crippen LogP contribution in [0, 0.1) is 35.5 Å². The molecule has 2 aromatic carbocycles. The van der Waals surface area contributed by atoms with Crippen molar-refractivity contribution >= 4 is 64.6 Å². The van der Waals surface area contributed by atoms with Gasteiger partial charge in [-0.1, -0.05) is 102 Å². The molecule has 0 radical (unpaired) electrons. The van der Waals surface area contributed by atoms with Gasteiger partial charge in [0.05, 0.1) is 17.6 Å². The second kappa shape index (κ2) is 32.2. The molecule has 9 N–H and O–H groups in total. The topological polar surface area (TPSA) is 335 Å². The van der Waals surface area contributed by atoms with Crippen molar-refractivity contribution in [2.24, 2.45) is 28.6 Å². The zero-order valence-electron chi connectivity index (χ0n) is 51.2. The number of amides is 5. The molecule has 2 saturated heterocycles. The zero-order valence-corrected chi connectivity index (χ0v) is 51.9. The highest BCUT2D eigenvalue weighted by molar-refractivity contribution is 6.31. The molecule has 0 saturated carbocycles. The highest BCUT2D eigenvalue weighted by Crippen LogP contribution is 2.45. The number of aryl methyl sites for hydroxylation is 2. The summed E-state index contributed by atoms with van der Waals surface area (Å²) in [5.41, 5.74) is 1.60. The normalized spacial score (nSPS) is 26.2. The van der Waals surface area contributed by atoms with E-state index in [0.29, 0.717) is 29.8 Å². The lowest BCUT2D eigenvalue weighted by Gasteiger charge is -2.38. The molecule has 0 spiro atoms. The molecule has 0 aliphatic carbocycles. The van der Waals surface area contributed by atoms with Crippen LogP contribution in [0.5, 0.6) is 0 Å².